The average molecular weight is 412 g/mol. The number of halogens is 2. The van der Waals surface area contributed by atoms with Crippen LogP contribution in [0, 0.1) is 12.8 Å². The number of furan rings is 1. The van der Waals surface area contributed by atoms with Gasteiger partial charge < -0.3 is 20.0 Å². The quantitative estimate of drug-likeness (QED) is 0.787. The van der Waals surface area contributed by atoms with Gasteiger partial charge >= 0.3 is 0 Å². The van der Waals surface area contributed by atoms with Gasteiger partial charge in [-0.05, 0) is 57.1 Å². The Labute approximate surface area is 169 Å². The van der Waals surface area contributed by atoms with E-state index in [2.05, 4.69) is 10.6 Å². The number of hydrogen-bond donors (Lipinski definition) is 2. The summed E-state index contributed by atoms with van der Waals surface area (Å²) in [5, 5.41) is 6.40. The molecule has 6 nitrogen and oxygen atoms in total. The summed E-state index contributed by atoms with van der Waals surface area (Å²) in [4.78, 5) is 27.3. The Bertz CT molecular complexity index is 822. The maximum Gasteiger partial charge on any atom is 0.259 e. The first kappa shape index (κ1) is 21.3. The largest absolute Gasteiger partial charge is 0.469 e. The molecule has 146 valence electrons. The molecule has 0 aliphatic carbocycles. The molecule has 2 N–H and O–H groups in total. The molecule has 1 atom stereocenters. The SMILES string of the molecule is CNCC1CCN(C(=O)c2ccc(Cl)cc2NC(=O)c2ccoc2C)C1.Cl. The summed E-state index contributed by atoms with van der Waals surface area (Å²) >= 11 is 6.08. The lowest BCUT2D eigenvalue weighted by molar-refractivity contribution is 0.0788. The van der Waals surface area contributed by atoms with Crippen LogP contribution < -0.4 is 10.6 Å². The molecule has 1 saturated heterocycles. The Morgan fingerprint density at radius 3 is 2.74 bits per heavy atom. The lowest BCUT2D eigenvalue weighted by atomic mass is 10.1. The second-order valence-electron chi connectivity index (χ2n) is 6.50. The van der Waals surface area contributed by atoms with Crippen LogP contribution in [0.15, 0.2) is 34.9 Å². The number of anilines is 1. The fourth-order valence-corrected chi connectivity index (χ4v) is 3.43. The van der Waals surface area contributed by atoms with Gasteiger partial charge in [0.05, 0.1) is 23.1 Å². The first-order valence-electron chi connectivity index (χ1n) is 8.58. The first-order chi connectivity index (χ1) is 12.5. The highest BCUT2D eigenvalue weighted by Gasteiger charge is 2.28. The predicted molar refractivity (Wildman–Crippen MR) is 108 cm³/mol. The smallest absolute Gasteiger partial charge is 0.259 e. The Morgan fingerprint density at radius 2 is 2.07 bits per heavy atom. The summed E-state index contributed by atoms with van der Waals surface area (Å²) in [5.74, 6) is 0.538. The highest BCUT2D eigenvalue weighted by molar-refractivity contribution is 6.31. The van der Waals surface area contributed by atoms with Crippen molar-refractivity contribution in [1.29, 1.82) is 0 Å². The van der Waals surface area contributed by atoms with Gasteiger partial charge in [0.2, 0.25) is 0 Å². The highest BCUT2D eigenvalue weighted by atomic mass is 35.5. The van der Waals surface area contributed by atoms with Crippen LogP contribution in [-0.4, -0.2) is 43.4 Å². The first-order valence-corrected chi connectivity index (χ1v) is 8.96. The lowest BCUT2D eigenvalue weighted by Crippen LogP contribution is -2.31. The zero-order chi connectivity index (χ0) is 18.7. The van der Waals surface area contributed by atoms with Crippen molar-refractivity contribution in [2.24, 2.45) is 5.92 Å². The maximum atomic E-state index is 13.0. The van der Waals surface area contributed by atoms with Gasteiger partial charge in [-0.15, -0.1) is 12.4 Å². The van der Waals surface area contributed by atoms with Gasteiger partial charge in [0.15, 0.2) is 0 Å². The van der Waals surface area contributed by atoms with Gasteiger partial charge in [0.1, 0.15) is 5.76 Å². The van der Waals surface area contributed by atoms with Crippen LogP contribution in [0.5, 0.6) is 0 Å². The molecule has 1 aliphatic rings. The van der Waals surface area contributed by atoms with Crippen molar-refractivity contribution in [3.05, 3.63) is 52.4 Å². The molecule has 27 heavy (non-hydrogen) atoms. The molecule has 0 saturated carbocycles. The summed E-state index contributed by atoms with van der Waals surface area (Å²) < 4.78 is 5.17. The van der Waals surface area contributed by atoms with E-state index < -0.39 is 0 Å². The molecule has 1 aromatic carbocycles. The summed E-state index contributed by atoms with van der Waals surface area (Å²) in [6, 6.07) is 6.52. The van der Waals surface area contributed by atoms with E-state index in [1.54, 1.807) is 31.2 Å². The molecule has 8 heteroatoms. The van der Waals surface area contributed by atoms with E-state index in [0.29, 0.717) is 46.6 Å². The number of rotatable bonds is 5. The van der Waals surface area contributed by atoms with Crippen molar-refractivity contribution in [1.82, 2.24) is 10.2 Å². The second-order valence-corrected chi connectivity index (χ2v) is 6.93. The van der Waals surface area contributed by atoms with Crippen molar-refractivity contribution < 1.29 is 14.0 Å². The van der Waals surface area contributed by atoms with Gasteiger partial charge in [-0.2, -0.15) is 0 Å². The topological polar surface area (TPSA) is 74.6 Å². The van der Waals surface area contributed by atoms with Crippen molar-refractivity contribution in [2.75, 3.05) is 32.0 Å². The van der Waals surface area contributed by atoms with Crippen LogP contribution in [0.2, 0.25) is 5.02 Å². The Kier molecular flexibility index (Phi) is 7.30. The number of aryl methyl sites for hydroxylation is 1. The number of hydrogen-bond acceptors (Lipinski definition) is 4. The zero-order valence-corrected chi connectivity index (χ0v) is 16.8. The maximum absolute atomic E-state index is 13.0. The molecule has 1 aliphatic heterocycles. The number of benzene rings is 1. The van der Waals surface area contributed by atoms with Gasteiger partial charge in [-0.3, -0.25) is 9.59 Å². The van der Waals surface area contributed by atoms with E-state index in [-0.39, 0.29) is 24.2 Å². The number of carbonyl (C=O) groups excluding carboxylic acids is 2. The minimum absolute atomic E-state index is 0. The Morgan fingerprint density at radius 1 is 1.30 bits per heavy atom. The van der Waals surface area contributed by atoms with E-state index in [1.807, 2.05) is 11.9 Å². The molecule has 1 aromatic heterocycles. The molecule has 1 fully saturated rings. The van der Waals surface area contributed by atoms with Gasteiger partial charge in [-0.1, -0.05) is 11.6 Å². The van der Waals surface area contributed by atoms with Crippen LogP contribution in [0.3, 0.4) is 0 Å². The summed E-state index contributed by atoms with van der Waals surface area (Å²) in [6.07, 6.45) is 2.43. The Balaban J connectivity index is 0.00000261. The fourth-order valence-electron chi connectivity index (χ4n) is 3.26. The molecule has 0 radical (unpaired) electrons. The van der Waals surface area contributed by atoms with Gasteiger partial charge in [-0.25, -0.2) is 0 Å². The standard InChI is InChI=1S/C19H22ClN3O3.ClH/c1-12-15(6-8-26-12)18(24)22-17-9-14(20)3-4-16(17)19(25)23-7-5-13(11-23)10-21-2;/h3-4,6,8-9,13,21H,5,7,10-11H2,1-2H3,(H,22,24);1H. The monoisotopic (exact) mass is 411 g/mol. The van der Waals surface area contributed by atoms with E-state index in [0.717, 1.165) is 13.0 Å². The van der Waals surface area contributed by atoms with Crippen LogP contribution in [0.25, 0.3) is 0 Å². The molecule has 1 unspecified atom stereocenters. The molecule has 2 heterocycles. The minimum atomic E-state index is -0.331. The van der Waals surface area contributed by atoms with Crippen LogP contribution in [-0.2, 0) is 0 Å². The zero-order valence-electron chi connectivity index (χ0n) is 15.3. The van der Waals surface area contributed by atoms with Crippen molar-refractivity contribution in [3.8, 4) is 0 Å². The normalized spacial score (nSPS) is 16.1. The van der Waals surface area contributed by atoms with Crippen LogP contribution in [0.1, 0.15) is 32.9 Å². The third kappa shape index (κ3) is 4.83. The minimum Gasteiger partial charge on any atom is -0.469 e. The predicted octanol–water partition coefficient (Wildman–Crippen LogP) is 3.60. The summed E-state index contributed by atoms with van der Waals surface area (Å²) in [5.41, 5.74) is 1.28. The third-order valence-electron chi connectivity index (χ3n) is 4.63. The summed E-state index contributed by atoms with van der Waals surface area (Å²) in [7, 11) is 1.91. The van der Waals surface area contributed by atoms with Crippen molar-refractivity contribution in [2.45, 2.75) is 13.3 Å². The van der Waals surface area contributed by atoms with Crippen molar-refractivity contribution >= 4 is 41.5 Å². The van der Waals surface area contributed by atoms with E-state index in [1.165, 1.54) is 6.26 Å². The number of likely N-dealkylation sites (tertiary alicyclic amines) is 1. The lowest BCUT2D eigenvalue weighted by Gasteiger charge is -2.19. The molecule has 3 rings (SSSR count). The highest BCUT2D eigenvalue weighted by Crippen LogP contribution is 2.26. The van der Waals surface area contributed by atoms with E-state index in [9.17, 15) is 9.59 Å². The molecule has 0 bridgehead atoms. The third-order valence-corrected chi connectivity index (χ3v) is 4.86. The number of nitrogens with zero attached hydrogens (tertiary/aromatic N) is 1. The average Bonchev–Trinajstić information content (AvgIpc) is 3.24. The van der Waals surface area contributed by atoms with Crippen LogP contribution >= 0.6 is 24.0 Å². The molecule has 0 spiro atoms. The molecule has 2 amide bonds. The van der Waals surface area contributed by atoms with E-state index in [4.69, 9.17) is 16.0 Å². The van der Waals surface area contributed by atoms with Crippen molar-refractivity contribution in [3.63, 3.8) is 0 Å². The second kappa shape index (κ2) is 9.26. The van der Waals surface area contributed by atoms with Gasteiger partial charge in [0.25, 0.3) is 11.8 Å². The van der Waals surface area contributed by atoms with E-state index >= 15 is 0 Å². The summed E-state index contributed by atoms with van der Waals surface area (Å²) in [6.45, 7) is 4.01. The molecule has 2 aromatic rings. The van der Waals surface area contributed by atoms with Crippen LogP contribution in [0.4, 0.5) is 5.69 Å². The molecular formula is C19H23Cl2N3O3. The number of nitrogens with one attached hydrogen (secondary N) is 2. The molecular weight excluding hydrogens is 389 g/mol. The fraction of sp³-hybridized carbons (Fsp3) is 0.368. The van der Waals surface area contributed by atoms with Gasteiger partial charge in [0, 0.05) is 18.1 Å². The number of amides is 2. The Hall–Kier alpha value is -2.02. The number of carbonyl (C=O) groups is 2.